The van der Waals surface area contributed by atoms with Crippen LogP contribution < -0.4 is 0 Å². The number of carbonyl (C=O) groups is 1. The van der Waals surface area contributed by atoms with E-state index in [2.05, 4.69) is 15.2 Å². The van der Waals surface area contributed by atoms with Crippen LogP contribution in [0.25, 0.3) is 17.1 Å². The van der Waals surface area contributed by atoms with Crippen LogP contribution in [-0.2, 0) is 9.53 Å². The molecule has 0 amide bonds. The smallest absolute Gasteiger partial charge is 0.319 e. The molecule has 0 N–H and O–H groups in total. The minimum Gasteiger partial charge on any atom is -0.465 e. The number of benzene rings is 1. The quantitative estimate of drug-likeness (QED) is 0.424. The largest absolute Gasteiger partial charge is 0.465 e. The third kappa shape index (κ3) is 4.43. The minimum absolute atomic E-state index is 0.317. The van der Waals surface area contributed by atoms with Crippen molar-refractivity contribution >= 4 is 40.9 Å². The molecule has 0 fully saturated rings. The number of pyridine rings is 1. The van der Waals surface area contributed by atoms with E-state index in [0.29, 0.717) is 33.3 Å². The first-order chi connectivity index (χ1) is 13.0. The highest BCUT2D eigenvalue weighted by molar-refractivity contribution is 8.00. The van der Waals surface area contributed by atoms with Crippen molar-refractivity contribution in [1.82, 2.24) is 19.7 Å². The average molecular weight is 423 g/mol. The molecule has 3 rings (SSSR count). The van der Waals surface area contributed by atoms with Gasteiger partial charge >= 0.3 is 5.97 Å². The molecule has 0 bridgehead atoms. The Hall–Kier alpha value is -2.09. The monoisotopic (exact) mass is 422 g/mol. The molecule has 6 nitrogen and oxygen atoms in total. The van der Waals surface area contributed by atoms with Crippen LogP contribution in [0.2, 0.25) is 10.0 Å². The number of hydrogen-bond donors (Lipinski definition) is 0. The van der Waals surface area contributed by atoms with Gasteiger partial charge < -0.3 is 4.74 Å². The van der Waals surface area contributed by atoms with Crippen LogP contribution in [0, 0.1) is 0 Å². The van der Waals surface area contributed by atoms with E-state index >= 15 is 0 Å². The summed E-state index contributed by atoms with van der Waals surface area (Å²) in [6, 6.07) is 8.81. The van der Waals surface area contributed by atoms with Crippen molar-refractivity contribution < 1.29 is 9.53 Å². The molecule has 9 heteroatoms. The maximum absolute atomic E-state index is 12.0. The van der Waals surface area contributed by atoms with Gasteiger partial charge in [0.25, 0.3) is 0 Å². The van der Waals surface area contributed by atoms with Crippen molar-refractivity contribution in [2.75, 3.05) is 6.61 Å². The lowest BCUT2D eigenvalue weighted by Gasteiger charge is -2.14. The van der Waals surface area contributed by atoms with Gasteiger partial charge in [-0.3, -0.25) is 14.3 Å². The van der Waals surface area contributed by atoms with Crippen molar-refractivity contribution in [2.45, 2.75) is 24.3 Å². The normalized spacial score (nSPS) is 12.0. The van der Waals surface area contributed by atoms with Gasteiger partial charge in [0.05, 0.1) is 17.3 Å². The maximum Gasteiger partial charge on any atom is 0.319 e. The zero-order chi connectivity index (χ0) is 19.4. The van der Waals surface area contributed by atoms with Crippen LogP contribution in [0.5, 0.6) is 0 Å². The summed E-state index contributed by atoms with van der Waals surface area (Å²) in [6.07, 6.45) is 3.36. The third-order valence-corrected chi connectivity index (χ3v) is 5.18. The topological polar surface area (TPSA) is 69.9 Å². The number of halogens is 2. The Balaban J connectivity index is 2.11. The standard InChI is InChI=1S/C18H16Cl2N4O2S/c1-3-26-17(25)11(2)27-18-23-22-16(12-5-4-8-21-10-12)24(18)15-9-13(19)6-7-14(15)20/h4-11H,3H2,1-2H3. The molecule has 140 valence electrons. The second-order valence-corrected chi connectivity index (χ2v) is 7.64. The van der Waals surface area contributed by atoms with Crippen LogP contribution in [0.3, 0.4) is 0 Å². The number of hydrogen-bond acceptors (Lipinski definition) is 6. The Morgan fingerprint density at radius 2 is 2.11 bits per heavy atom. The molecule has 2 heterocycles. The Morgan fingerprint density at radius 1 is 1.30 bits per heavy atom. The number of rotatable bonds is 6. The SMILES string of the molecule is CCOC(=O)C(C)Sc1nnc(-c2cccnc2)n1-c1cc(Cl)ccc1Cl. The predicted molar refractivity (Wildman–Crippen MR) is 107 cm³/mol. The molecule has 1 aromatic carbocycles. The highest BCUT2D eigenvalue weighted by Gasteiger charge is 2.23. The fraction of sp³-hybridized carbons (Fsp3) is 0.222. The molecule has 0 aliphatic carbocycles. The van der Waals surface area contributed by atoms with Gasteiger partial charge in [-0.25, -0.2) is 0 Å². The van der Waals surface area contributed by atoms with E-state index in [1.165, 1.54) is 11.8 Å². The van der Waals surface area contributed by atoms with Gasteiger partial charge in [-0.15, -0.1) is 10.2 Å². The molecule has 27 heavy (non-hydrogen) atoms. The lowest BCUT2D eigenvalue weighted by Crippen LogP contribution is -2.17. The molecule has 0 saturated carbocycles. The summed E-state index contributed by atoms with van der Waals surface area (Å²) in [6.45, 7) is 3.84. The maximum atomic E-state index is 12.0. The van der Waals surface area contributed by atoms with Crippen molar-refractivity contribution in [3.63, 3.8) is 0 Å². The molecule has 0 radical (unpaired) electrons. The number of ether oxygens (including phenoxy) is 1. The first-order valence-electron chi connectivity index (χ1n) is 8.15. The number of carbonyl (C=O) groups excluding carboxylic acids is 1. The van der Waals surface area contributed by atoms with Gasteiger partial charge in [0, 0.05) is 23.0 Å². The molecular formula is C18H16Cl2N4O2S. The Kier molecular flexibility index (Phi) is 6.36. The van der Waals surface area contributed by atoms with Crippen molar-refractivity contribution in [1.29, 1.82) is 0 Å². The van der Waals surface area contributed by atoms with E-state index in [9.17, 15) is 4.79 Å². The zero-order valence-corrected chi connectivity index (χ0v) is 16.9. The van der Waals surface area contributed by atoms with Crippen LogP contribution in [-0.4, -0.2) is 37.6 Å². The Labute approximate surface area is 170 Å². The molecule has 0 spiro atoms. The number of aromatic nitrogens is 4. The lowest BCUT2D eigenvalue weighted by atomic mass is 10.2. The molecule has 1 atom stereocenters. The first kappa shape index (κ1) is 19.7. The van der Waals surface area contributed by atoms with Gasteiger partial charge in [-0.2, -0.15) is 0 Å². The second-order valence-electron chi connectivity index (χ2n) is 5.49. The number of nitrogens with zero attached hydrogens (tertiary/aromatic N) is 4. The fourth-order valence-corrected chi connectivity index (χ4v) is 3.60. The van der Waals surface area contributed by atoms with E-state index in [1.54, 1.807) is 49.0 Å². The van der Waals surface area contributed by atoms with Crippen molar-refractivity contribution in [3.8, 4) is 17.1 Å². The average Bonchev–Trinajstić information content (AvgIpc) is 3.08. The Bertz CT molecular complexity index is 950. The summed E-state index contributed by atoms with van der Waals surface area (Å²) in [4.78, 5) is 16.2. The summed E-state index contributed by atoms with van der Waals surface area (Å²) in [7, 11) is 0. The van der Waals surface area contributed by atoms with E-state index in [4.69, 9.17) is 27.9 Å². The van der Waals surface area contributed by atoms with E-state index < -0.39 is 5.25 Å². The third-order valence-electron chi connectivity index (χ3n) is 3.60. The van der Waals surface area contributed by atoms with Gasteiger partial charge in [0.2, 0.25) is 0 Å². The molecule has 0 aliphatic rings. The van der Waals surface area contributed by atoms with Crippen molar-refractivity contribution in [2.24, 2.45) is 0 Å². The van der Waals surface area contributed by atoms with E-state index in [0.717, 1.165) is 5.56 Å². The number of thioether (sulfide) groups is 1. The second kappa shape index (κ2) is 8.73. The van der Waals surface area contributed by atoms with Crippen LogP contribution in [0.4, 0.5) is 0 Å². The predicted octanol–water partition coefficient (Wildman–Crippen LogP) is 4.68. The summed E-state index contributed by atoms with van der Waals surface area (Å²) >= 11 is 13.8. The van der Waals surface area contributed by atoms with Crippen LogP contribution in [0.1, 0.15) is 13.8 Å². The van der Waals surface area contributed by atoms with Crippen molar-refractivity contribution in [3.05, 3.63) is 52.8 Å². The molecule has 0 aliphatic heterocycles. The summed E-state index contributed by atoms with van der Waals surface area (Å²) in [5, 5.41) is 9.59. The van der Waals surface area contributed by atoms with Gasteiger partial charge in [0.1, 0.15) is 5.25 Å². The summed E-state index contributed by atoms with van der Waals surface area (Å²) < 4.78 is 6.85. The Morgan fingerprint density at radius 3 is 2.81 bits per heavy atom. The fourth-order valence-electron chi connectivity index (χ4n) is 2.37. The molecule has 0 saturated heterocycles. The van der Waals surface area contributed by atoms with Gasteiger partial charge in [0.15, 0.2) is 11.0 Å². The van der Waals surface area contributed by atoms with Gasteiger partial charge in [-0.05, 0) is 44.2 Å². The van der Waals surface area contributed by atoms with E-state index in [-0.39, 0.29) is 5.97 Å². The van der Waals surface area contributed by atoms with E-state index in [1.807, 2.05) is 12.1 Å². The highest BCUT2D eigenvalue weighted by Crippen LogP contribution is 2.34. The minimum atomic E-state index is -0.465. The molecule has 2 aromatic heterocycles. The van der Waals surface area contributed by atoms with Crippen LogP contribution >= 0.6 is 35.0 Å². The first-order valence-corrected chi connectivity index (χ1v) is 9.79. The molecule has 1 unspecified atom stereocenters. The summed E-state index contributed by atoms with van der Waals surface area (Å²) in [5.41, 5.74) is 1.38. The number of esters is 1. The highest BCUT2D eigenvalue weighted by atomic mass is 35.5. The lowest BCUT2D eigenvalue weighted by molar-refractivity contribution is -0.142. The van der Waals surface area contributed by atoms with Gasteiger partial charge in [-0.1, -0.05) is 35.0 Å². The van der Waals surface area contributed by atoms with Crippen LogP contribution in [0.15, 0.2) is 47.9 Å². The zero-order valence-electron chi connectivity index (χ0n) is 14.6. The summed E-state index contributed by atoms with van der Waals surface area (Å²) in [5.74, 6) is 0.225. The molecular weight excluding hydrogens is 407 g/mol. The molecule has 3 aromatic rings.